The van der Waals surface area contributed by atoms with E-state index in [0.717, 1.165) is 46.7 Å². The number of amides is 1. The largest absolute Gasteiger partial charge is 0.325 e. The number of carbonyl (C=O) groups excluding carboxylic acids is 1. The van der Waals surface area contributed by atoms with Crippen molar-refractivity contribution in [1.29, 1.82) is 0 Å². The fourth-order valence-corrected chi connectivity index (χ4v) is 3.61. The summed E-state index contributed by atoms with van der Waals surface area (Å²) in [5.41, 5.74) is 3.74. The molecule has 6 heteroatoms. The Morgan fingerprint density at radius 2 is 2.04 bits per heavy atom. The normalized spacial score (nSPS) is 10.8. The summed E-state index contributed by atoms with van der Waals surface area (Å²) in [6, 6.07) is 3.83. The lowest BCUT2D eigenvalue weighted by Crippen LogP contribution is -2.21. The highest BCUT2D eigenvalue weighted by Crippen LogP contribution is 2.29. The van der Waals surface area contributed by atoms with Gasteiger partial charge in [-0.1, -0.05) is 42.9 Å². The van der Waals surface area contributed by atoms with Crippen LogP contribution in [0.4, 0.5) is 5.69 Å². The van der Waals surface area contributed by atoms with E-state index in [0.29, 0.717) is 11.6 Å². The number of halogens is 1. The van der Waals surface area contributed by atoms with Crippen molar-refractivity contribution in [3.63, 3.8) is 0 Å². The molecule has 0 spiro atoms. The fraction of sp³-hybridized carbons (Fsp3) is 0.412. The highest BCUT2D eigenvalue weighted by Gasteiger charge is 2.14. The molecule has 4 nitrogen and oxygen atoms in total. The highest BCUT2D eigenvalue weighted by atomic mass is 35.5. The van der Waals surface area contributed by atoms with Crippen LogP contribution < -0.4 is 10.2 Å². The first kappa shape index (κ1) is 17.8. The third kappa shape index (κ3) is 4.03. The maximum absolute atomic E-state index is 12.3. The number of aromatic nitrogens is 1. The van der Waals surface area contributed by atoms with E-state index in [2.05, 4.69) is 5.32 Å². The minimum absolute atomic E-state index is 0.0263. The molecule has 0 saturated heterocycles. The molecule has 1 N–H and O–H groups in total. The minimum Gasteiger partial charge on any atom is -0.325 e. The smallest absolute Gasteiger partial charge is 0.307 e. The Balaban J connectivity index is 2.14. The molecule has 0 saturated carbocycles. The summed E-state index contributed by atoms with van der Waals surface area (Å²) in [5, 5.41) is 5.47. The molecule has 0 radical (unpaired) electrons. The van der Waals surface area contributed by atoms with Crippen LogP contribution in [0.2, 0.25) is 5.02 Å². The first-order valence-electron chi connectivity index (χ1n) is 7.72. The Hall–Kier alpha value is -1.59. The third-order valence-electron chi connectivity index (χ3n) is 3.88. The lowest BCUT2D eigenvalue weighted by molar-refractivity contribution is -0.116. The number of carbonyl (C=O) groups is 1. The predicted molar refractivity (Wildman–Crippen MR) is 96.8 cm³/mol. The number of nitrogens with one attached hydrogen (secondary N) is 1. The Bertz CT molecular complexity index is 764. The first-order valence-corrected chi connectivity index (χ1v) is 8.98. The number of rotatable bonds is 6. The summed E-state index contributed by atoms with van der Waals surface area (Å²) in [6.45, 7) is 6.33. The molecule has 1 aromatic heterocycles. The lowest BCUT2D eigenvalue weighted by Gasteiger charge is -2.16. The van der Waals surface area contributed by atoms with Gasteiger partial charge in [-0.15, -0.1) is 0 Å². The van der Waals surface area contributed by atoms with Gasteiger partial charge in [0.05, 0.1) is 0 Å². The number of hydrogen-bond acceptors (Lipinski definition) is 3. The van der Waals surface area contributed by atoms with Crippen LogP contribution in [0.1, 0.15) is 37.1 Å². The summed E-state index contributed by atoms with van der Waals surface area (Å²) in [4.78, 5) is 24.0. The van der Waals surface area contributed by atoms with Crippen LogP contribution in [-0.4, -0.2) is 10.5 Å². The van der Waals surface area contributed by atoms with Crippen LogP contribution in [-0.2, 0) is 24.2 Å². The maximum Gasteiger partial charge on any atom is 0.307 e. The monoisotopic (exact) mass is 352 g/mol. The van der Waals surface area contributed by atoms with Crippen molar-refractivity contribution in [3.05, 3.63) is 49.0 Å². The highest BCUT2D eigenvalue weighted by molar-refractivity contribution is 7.07. The summed E-state index contributed by atoms with van der Waals surface area (Å²) < 4.78 is 1.63. The molecule has 0 atom stereocenters. The van der Waals surface area contributed by atoms with Crippen molar-refractivity contribution in [2.45, 2.75) is 46.6 Å². The van der Waals surface area contributed by atoms with Gasteiger partial charge >= 0.3 is 4.87 Å². The van der Waals surface area contributed by atoms with E-state index in [9.17, 15) is 9.59 Å². The van der Waals surface area contributed by atoms with Crippen LogP contribution in [0.3, 0.4) is 0 Å². The zero-order valence-electron chi connectivity index (χ0n) is 13.6. The summed E-state index contributed by atoms with van der Waals surface area (Å²) in [7, 11) is 0. The van der Waals surface area contributed by atoms with Crippen LogP contribution in [0, 0.1) is 6.92 Å². The van der Waals surface area contributed by atoms with Crippen molar-refractivity contribution in [3.8, 4) is 0 Å². The van der Waals surface area contributed by atoms with Gasteiger partial charge in [-0.3, -0.25) is 9.59 Å². The molecule has 1 aromatic carbocycles. The molecular formula is C17H21ClN2O2S. The van der Waals surface area contributed by atoms with Gasteiger partial charge in [-0.2, -0.15) is 0 Å². The molecule has 0 bridgehead atoms. The topological polar surface area (TPSA) is 51.1 Å². The Labute approximate surface area is 145 Å². The van der Waals surface area contributed by atoms with Gasteiger partial charge in [-0.05, 0) is 37.0 Å². The van der Waals surface area contributed by atoms with Crippen LogP contribution in [0.25, 0.3) is 0 Å². The summed E-state index contributed by atoms with van der Waals surface area (Å²) >= 11 is 7.41. The van der Waals surface area contributed by atoms with Gasteiger partial charge in [0.2, 0.25) is 5.91 Å². The number of thiazole rings is 1. The molecule has 2 rings (SSSR count). The van der Waals surface area contributed by atoms with E-state index < -0.39 is 0 Å². The molecule has 1 amide bonds. The Kier molecular flexibility index (Phi) is 6.02. The van der Waals surface area contributed by atoms with Gasteiger partial charge in [0, 0.05) is 34.7 Å². The van der Waals surface area contributed by atoms with E-state index in [1.807, 2.05) is 38.3 Å². The Morgan fingerprint density at radius 1 is 1.30 bits per heavy atom. The molecule has 0 aliphatic rings. The van der Waals surface area contributed by atoms with Crippen LogP contribution in [0.15, 0.2) is 22.3 Å². The number of nitrogens with zero attached hydrogens (tertiary/aromatic N) is 1. The van der Waals surface area contributed by atoms with Crippen molar-refractivity contribution in [1.82, 2.24) is 4.57 Å². The minimum atomic E-state index is -0.103. The van der Waals surface area contributed by atoms with E-state index in [1.54, 1.807) is 4.57 Å². The van der Waals surface area contributed by atoms with E-state index in [-0.39, 0.29) is 17.2 Å². The number of benzene rings is 1. The molecular weight excluding hydrogens is 332 g/mol. The summed E-state index contributed by atoms with van der Waals surface area (Å²) in [5.74, 6) is -0.103. The number of aryl methyl sites for hydroxylation is 2. The van der Waals surface area contributed by atoms with Crippen molar-refractivity contribution >= 4 is 34.5 Å². The average Bonchev–Trinajstić information content (AvgIpc) is 2.84. The molecule has 2 aromatic rings. The van der Waals surface area contributed by atoms with E-state index in [4.69, 9.17) is 11.6 Å². The molecule has 124 valence electrons. The molecule has 1 heterocycles. The van der Waals surface area contributed by atoms with E-state index in [1.165, 1.54) is 0 Å². The van der Waals surface area contributed by atoms with Crippen molar-refractivity contribution in [2.24, 2.45) is 0 Å². The second kappa shape index (κ2) is 7.79. The molecule has 23 heavy (non-hydrogen) atoms. The van der Waals surface area contributed by atoms with Crippen molar-refractivity contribution < 1.29 is 4.79 Å². The molecule has 0 unspecified atom stereocenters. The second-order valence-corrected chi connectivity index (χ2v) is 6.59. The maximum atomic E-state index is 12.3. The second-order valence-electron chi connectivity index (χ2n) is 5.36. The fourth-order valence-electron chi connectivity index (χ4n) is 2.56. The number of anilines is 1. The van der Waals surface area contributed by atoms with E-state index >= 15 is 0 Å². The molecule has 0 aliphatic carbocycles. The number of hydrogen-bond donors (Lipinski definition) is 1. The quantitative estimate of drug-likeness (QED) is 0.853. The van der Waals surface area contributed by atoms with Crippen LogP contribution in [0.5, 0.6) is 0 Å². The zero-order chi connectivity index (χ0) is 17.0. The third-order valence-corrected chi connectivity index (χ3v) is 5.11. The zero-order valence-corrected chi connectivity index (χ0v) is 15.2. The lowest BCUT2D eigenvalue weighted by atomic mass is 10.0. The SMILES string of the molecule is CCc1ccc(Cl)c(CC)c1NC(=O)CCn1c(C)csc1=O. The van der Waals surface area contributed by atoms with Gasteiger partial charge in [-0.25, -0.2) is 0 Å². The van der Waals surface area contributed by atoms with Gasteiger partial charge in [0.15, 0.2) is 0 Å². The summed E-state index contributed by atoms with van der Waals surface area (Å²) in [6.07, 6.45) is 1.84. The van der Waals surface area contributed by atoms with Gasteiger partial charge in [0.25, 0.3) is 0 Å². The van der Waals surface area contributed by atoms with Crippen molar-refractivity contribution in [2.75, 3.05) is 5.32 Å². The predicted octanol–water partition coefficient (Wildman–Crippen LogP) is 4.03. The Morgan fingerprint density at radius 3 is 2.61 bits per heavy atom. The molecule has 0 fully saturated rings. The van der Waals surface area contributed by atoms with Crippen LogP contribution >= 0.6 is 22.9 Å². The standard InChI is InChI=1S/C17H21ClN2O2S/c1-4-12-6-7-14(18)13(5-2)16(12)19-15(21)8-9-20-11(3)10-23-17(20)22/h6-7,10H,4-5,8-9H2,1-3H3,(H,19,21). The average molecular weight is 353 g/mol. The first-order chi connectivity index (χ1) is 11.0. The molecule has 0 aliphatic heterocycles. The van der Waals surface area contributed by atoms with Gasteiger partial charge < -0.3 is 9.88 Å². The van der Waals surface area contributed by atoms with Gasteiger partial charge in [0.1, 0.15) is 0 Å².